The molecule has 1 aliphatic carbocycles. The summed E-state index contributed by atoms with van der Waals surface area (Å²) in [7, 11) is 0. The lowest BCUT2D eigenvalue weighted by Gasteiger charge is -2.37. The maximum atomic E-state index is 4.39. The Hall–Kier alpha value is -0.830. The summed E-state index contributed by atoms with van der Waals surface area (Å²) in [5.74, 6) is 2.39. The van der Waals surface area contributed by atoms with E-state index in [0.29, 0.717) is 12.0 Å². The molecule has 1 aromatic rings. The monoisotopic (exact) mass is 233 g/mol. The summed E-state index contributed by atoms with van der Waals surface area (Å²) >= 11 is 0. The van der Waals surface area contributed by atoms with Crippen LogP contribution in [0.25, 0.3) is 0 Å². The van der Waals surface area contributed by atoms with Gasteiger partial charge in [0.15, 0.2) is 0 Å². The Morgan fingerprint density at radius 3 is 2.76 bits per heavy atom. The lowest BCUT2D eigenvalue weighted by molar-refractivity contribution is 0.201. The van der Waals surface area contributed by atoms with Gasteiger partial charge in [-0.1, -0.05) is 13.8 Å². The first-order valence-electron chi connectivity index (χ1n) is 6.98. The molecular weight excluding hydrogens is 210 g/mol. The van der Waals surface area contributed by atoms with Crippen molar-refractivity contribution < 1.29 is 0 Å². The second kappa shape index (κ2) is 4.45. The van der Waals surface area contributed by atoms with Crippen molar-refractivity contribution in [2.75, 3.05) is 13.1 Å². The quantitative estimate of drug-likeness (QED) is 0.851. The standard InChI is InChI=1S/C14H23N3/c1-10-3-4-13(11(2)5-10)17-9-16-8-14(17)12-6-15-7-12/h8-13,15H,3-7H2,1-2H3. The van der Waals surface area contributed by atoms with Crippen molar-refractivity contribution in [3.63, 3.8) is 0 Å². The number of nitrogens with zero attached hydrogens (tertiary/aromatic N) is 2. The Labute approximate surface area is 104 Å². The summed E-state index contributed by atoms with van der Waals surface area (Å²) < 4.78 is 2.47. The fraction of sp³-hybridized carbons (Fsp3) is 0.786. The van der Waals surface area contributed by atoms with Gasteiger partial charge in [0, 0.05) is 36.9 Å². The predicted molar refractivity (Wildman–Crippen MR) is 69.1 cm³/mol. The minimum Gasteiger partial charge on any atom is -0.331 e. The molecule has 1 N–H and O–H groups in total. The molecule has 94 valence electrons. The molecule has 1 aromatic heterocycles. The van der Waals surface area contributed by atoms with E-state index in [9.17, 15) is 0 Å². The van der Waals surface area contributed by atoms with Gasteiger partial charge in [0.2, 0.25) is 0 Å². The number of hydrogen-bond acceptors (Lipinski definition) is 2. The molecule has 3 atom stereocenters. The first-order valence-corrected chi connectivity index (χ1v) is 6.98. The zero-order valence-electron chi connectivity index (χ0n) is 10.9. The van der Waals surface area contributed by atoms with E-state index in [1.165, 1.54) is 25.0 Å². The summed E-state index contributed by atoms with van der Waals surface area (Å²) in [4.78, 5) is 4.39. The second-order valence-electron chi connectivity index (χ2n) is 6.04. The normalized spacial score (nSPS) is 34.6. The molecule has 1 aliphatic heterocycles. The van der Waals surface area contributed by atoms with Crippen LogP contribution in [0.15, 0.2) is 12.5 Å². The third kappa shape index (κ3) is 2.01. The van der Waals surface area contributed by atoms with Crippen LogP contribution >= 0.6 is 0 Å². The largest absolute Gasteiger partial charge is 0.331 e. The fourth-order valence-electron chi connectivity index (χ4n) is 3.47. The van der Waals surface area contributed by atoms with E-state index in [1.807, 2.05) is 0 Å². The second-order valence-corrected chi connectivity index (χ2v) is 6.04. The zero-order chi connectivity index (χ0) is 11.8. The van der Waals surface area contributed by atoms with Crippen LogP contribution in [-0.4, -0.2) is 22.6 Å². The Morgan fingerprint density at radius 1 is 1.29 bits per heavy atom. The highest BCUT2D eigenvalue weighted by Crippen LogP contribution is 2.38. The molecule has 0 radical (unpaired) electrons. The average molecular weight is 233 g/mol. The van der Waals surface area contributed by atoms with Crippen molar-refractivity contribution in [3.05, 3.63) is 18.2 Å². The molecule has 2 heterocycles. The number of imidazole rings is 1. The van der Waals surface area contributed by atoms with Crippen LogP contribution < -0.4 is 5.32 Å². The zero-order valence-corrected chi connectivity index (χ0v) is 10.9. The van der Waals surface area contributed by atoms with Crippen molar-refractivity contribution in [2.24, 2.45) is 11.8 Å². The molecule has 3 nitrogen and oxygen atoms in total. The maximum Gasteiger partial charge on any atom is 0.0950 e. The summed E-state index contributed by atoms with van der Waals surface area (Å²) in [6.45, 7) is 7.05. The summed E-state index contributed by atoms with van der Waals surface area (Å²) in [5.41, 5.74) is 1.45. The molecule has 0 amide bonds. The SMILES string of the molecule is CC1CCC(n2cncc2C2CNC2)C(C)C1. The molecule has 0 bridgehead atoms. The van der Waals surface area contributed by atoms with Gasteiger partial charge in [0.05, 0.1) is 6.33 Å². The van der Waals surface area contributed by atoms with Gasteiger partial charge in [-0.2, -0.15) is 0 Å². The van der Waals surface area contributed by atoms with Gasteiger partial charge in [-0.15, -0.1) is 0 Å². The first kappa shape index (κ1) is 11.3. The summed E-state index contributed by atoms with van der Waals surface area (Å²) in [6.07, 6.45) is 8.20. The van der Waals surface area contributed by atoms with Crippen LogP contribution in [-0.2, 0) is 0 Å². The van der Waals surface area contributed by atoms with E-state index in [0.717, 1.165) is 24.9 Å². The van der Waals surface area contributed by atoms with Gasteiger partial charge >= 0.3 is 0 Å². The van der Waals surface area contributed by atoms with Crippen molar-refractivity contribution >= 4 is 0 Å². The highest BCUT2D eigenvalue weighted by atomic mass is 15.1. The molecule has 1 saturated heterocycles. The van der Waals surface area contributed by atoms with Crippen molar-refractivity contribution in [2.45, 2.75) is 45.1 Å². The molecular formula is C14H23N3. The van der Waals surface area contributed by atoms with E-state index in [2.05, 4.69) is 41.2 Å². The number of nitrogens with one attached hydrogen (secondary N) is 1. The molecule has 2 fully saturated rings. The van der Waals surface area contributed by atoms with E-state index in [-0.39, 0.29) is 0 Å². The molecule has 3 heteroatoms. The van der Waals surface area contributed by atoms with Gasteiger partial charge in [-0.3, -0.25) is 0 Å². The lowest BCUT2D eigenvalue weighted by atomic mass is 9.79. The van der Waals surface area contributed by atoms with Crippen LogP contribution in [0.2, 0.25) is 0 Å². The molecule has 1 saturated carbocycles. The maximum absolute atomic E-state index is 4.39. The fourth-order valence-corrected chi connectivity index (χ4v) is 3.47. The van der Waals surface area contributed by atoms with Crippen LogP contribution in [0.1, 0.15) is 50.8 Å². The smallest absolute Gasteiger partial charge is 0.0950 e. The molecule has 3 rings (SSSR count). The average Bonchev–Trinajstić information content (AvgIpc) is 2.64. The van der Waals surface area contributed by atoms with E-state index < -0.39 is 0 Å². The lowest BCUT2D eigenvalue weighted by Crippen LogP contribution is -2.41. The number of hydrogen-bond donors (Lipinski definition) is 1. The minimum atomic E-state index is 0.685. The third-order valence-electron chi connectivity index (χ3n) is 4.64. The van der Waals surface area contributed by atoms with Crippen LogP contribution in [0.4, 0.5) is 0 Å². The van der Waals surface area contributed by atoms with Crippen molar-refractivity contribution in [1.82, 2.24) is 14.9 Å². The first-order chi connectivity index (χ1) is 8.25. The highest BCUT2D eigenvalue weighted by molar-refractivity contribution is 5.13. The van der Waals surface area contributed by atoms with Crippen LogP contribution in [0.5, 0.6) is 0 Å². The Kier molecular flexibility index (Phi) is 2.95. The minimum absolute atomic E-state index is 0.685. The molecule has 3 unspecified atom stereocenters. The number of aromatic nitrogens is 2. The summed E-state index contributed by atoms with van der Waals surface area (Å²) in [6, 6.07) is 0.685. The van der Waals surface area contributed by atoms with Crippen LogP contribution in [0.3, 0.4) is 0 Å². The topological polar surface area (TPSA) is 29.9 Å². The third-order valence-corrected chi connectivity index (χ3v) is 4.64. The molecule has 17 heavy (non-hydrogen) atoms. The van der Waals surface area contributed by atoms with Crippen LogP contribution in [0, 0.1) is 11.8 Å². The van der Waals surface area contributed by atoms with E-state index >= 15 is 0 Å². The predicted octanol–water partition coefficient (Wildman–Crippen LogP) is 2.57. The van der Waals surface area contributed by atoms with Gasteiger partial charge in [-0.05, 0) is 31.1 Å². The Bertz CT molecular complexity index is 381. The van der Waals surface area contributed by atoms with E-state index in [4.69, 9.17) is 0 Å². The van der Waals surface area contributed by atoms with Gasteiger partial charge in [-0.25, -0.2) is 4.98 Å². The van der Waals surface area contributed by atoms with E-state index in [1.54, 1.807) is 0 Å². The van der Waals surface area contributed by atoms with Crippen molar-refractivity contribution in [3.8, 4) is 0 Å². The van der Waals surface area contributed by atoms with Gasteiger partial charge < -0.3 is 9.88 Å². The molecule has 0 aromatic carbocycles. The molecule has 0 spiro atoms. The molecule has 2 aliphatic rings. The summed E-state index contributed by atoms with van der Waals surface area (Å²) in [5, 5.41) is 3.36. The highest BCUT2D eigenvalue weighted by Gasteiger charge is 2.30. The Balaban J connectivity index is 1.81. The Morgan fingerprint density at radius 2 is 2.12 bits per heavy atom. The van der Waals surface area contributed by atoms with Crippen molar-refractivity contribution in [1.29, 1.82) is 0 Å². The van der Waals surface area contributed by atoms with Gasteiger partial charge in [0.25, 0.3) is 0 Å². The number of rotatable bonds is 2. The van der Waals surface area contributed by atoms with Gasteiger partial charge in [0.1, 0.15) is 0 Å².